The van der Waals surface area contributed by atoms with Crippen molar-refractivity contribution in [2.24, 2.45) is 5.92 Å². The zero-order valence-corrected chi connectivity index (χ0v) is 16.0. The first-order chi connectivity index (χ1) is 11.9. The van der Waals surface area contributed by atoms with Gasteiger partial charge in [-0.15, -0.1) is 0 Å². The minimum atomic E-state index is -0.326. The number of hydrogen-bond donors (Lipinski definition) is 0. The summed E-state index contributed by atoms with van der Waals surface area (Å²) in [6.45, 7) is 7.01. The van der Waals surface area contributed by atoms with E-state index in [-0.39, 0.29) is 12.1 Å². The summed E-state index contributed by atoms with van der Waals surface area (Å²) in [5.41, 5.74) is 1.15. The zero-order chi connectivity index (χ0) is 18.4. The highest BCUT2D eigenvalue weighted by atomic mass is 16.6. The Morgan fingerprint density at radius 1 is 1.28 bits per heavy atom. The Kier molecular flexibility index (Phi) is 6.82. The van der Waals surface area contributed by atoms with Gasteiger partial charge in [0.15, 0.2) is 0 Å². The lowest BCUT2D eigenvalue weighted by molar-refractivity contribution is 0.160. The van der Waals surface area contributed by atoms with Crippen LogP contribution in [0.15, 0.2) is 48.6 Å². The van der Waals surface area contributed by atoms with Crippen molar-refractivity contribution in [1.82, 2.24) is 9.80 Å². The fourth-order valence-corrected chi connectivity index (χ4v) is 2.99. The Labute approximate surface area is 151 Å². The monoisotopic (exact) mass is 342 g/mol. The second kappa shape index (κ2) is 8.86. The molecule has 25 heavy (non-hydrogen) atoms. The molecule has 0 saturated carbocycles. The third kappa shape index (κ3) is 4.95. The summed E-state index contributed by atoms with van der Waals surface area (Å²) in [5, 5.41) is 0. The summed E-state index contributed by atoms with van der Waals surface area (Å²) in [5.74, 6) is 1.12. The van der Waals surface area contributed by atoms with Crippen LogP contribution in [-0.4, -0.2) is 42.6 Å². The number of ether oxygens (including phenoxy) is 1. The Hall–Kier alpha value is -2.07. The van der Waals surface area contributed by atoms with Crippen molar-refractivity contribution in [1.29, 1.82) is 0 Å². The smallest absolute Gasteiger partial charge is 0.410 e. The normalized spacial score (nSPS) is 18.9. The highest BCUT2D eigenvalue weighted by molar-refractivity contribution is 5.70. The van der Waals surface area contributed by atoms with E-state index in [1.165, 1.54) is 0 Å². The van der Waals surface area contributed by atoms with Crippen molar-refractivity contribution in [3.05, 3.63) is 54.1 Å². The van der Waals surface area contributed by atoms with Crippen LogP contribution in [0.3, 0.4) is 0 Å². The van der Waals surface area contributed by atoms with Gasteiger partial charge in [-0.25, -0.2) is 4.79 Å². The number of allylic oxidation sites excluding steroid dienone is 3. The van der Waals surface area contributed by atoms with Gasteiger partial charge < -0.3 is 9.64 Å². The molecule has 1 aromatic carbocycles. The fourth-order valence-electron chi connectivity index (χ4n) is 2.99. The predicted octanol–water partition coefficient (Wildman–Crippen LogP) is 4.65. The molecule has 2 rings (SSSR count). The number of hydrogen-bond acceptors (Lipinski definition) is 3. The van der Waals surface area contributed by atoms with Crippen molar-refractivity contribution in [3.63, 3.8) is 0 Å². The second-order valence-electron chi connectivity index (χ2n) is 6.75. The van der Waals surface area contributed by atoms with Crippen LogP contribution in [0.25, 0.3) is 0 Å². The number of carbonyl (C=O) groups excluding carboxylic acids is 1. The van der Waals surface area contributed by atoms with E-state index < -0.39 is 0 Å². The standard InChI is InChI=1S/C21H30N2O2/c1-6-22(4)21(24)25-20-14-10-13-19(15-20)17(3)23(5)16(2)18-11-8-7-9-12-18/h7-11,13-18H,6,12H2,1-5H3/t16-,17-,18?/m0/s1. The van der Waals surface area contributed by atoms with Crippen molar-refractivity contribution in [2.45, 2.75) is 39.3 Å². The third-order valence-electron chi connectivity index (χ3n) is 5.22. The predicted molar refractivity (Wildman–Crippen MR) is 103 cm³/mol. The number of nitrogens with zero attached hydrogens (tertiary/aromatic N) is 2. The first kappa shape index (κ1) is 19.3. The van der Waals surface area contributed by atoms with Crippen molar-refractivity contribution in [3.8, 4) is 5.75 Å². The van der Waals surface area contributed by atoms with Gasteiger partial charge in [0.05, 0.1) is 0 Å². The topological polar surface area (TPSA) is 32.8 Å². The molecule has 0 fully saturated rings. The minimum absolute atomic E-state index is 0.233. The summed E-state index contributed by atoms with van der Waals surface area (Å²) in [7, 11) is 3.89. The molecule has 0 saturated heterocycles. The molecule has 4 nitrogen and oxygen atoms in total. The van der Waals surface area contributed by atoms with E-state index in [1.54, 1.807) is 11.9 Å². The molecule has 1 amide bonds. The molecule has 0 aromatic heterocycles. The van der Waals surface area contributed by atoms with E-state index in [2.05, 4.69) is 56.2 Å². The van der Waals surface area contributed by atoms with Crippen molar-refractivity contribution < 1.29 is 9.53 Å². The van der Waals surface area contributed by atoms with Crippen LogP contribution in [0.2, 0.25) is 0 Å². The van der Waals surface area contributed by atoms with E-state index in [9.17, 15) is 4.79 Å². The van der Waals surface area contributed by atoms with Crippen LogP contribution in [0.5, 0.6) is 5.75 Å². The molecule has 0 radical (unpaired) electrons. The van der Waals surface area contributed by atoms with Gasteiger partial charge >= 0.3 is 6.09 Å². The maximum Gasteiger partial charge on any atom is 0.414 e. The highest BCUT2D eigenvalue weighted by Gasteiger charge is 2.23. The molecule has 0 heterocycles. The summed E-state index contributed by atoms with van der Waals surface area (Å²) < 4.78 is 5.46. The largest absolute Gasteiger partial charge is 0.414 e. The molecule has 0 bridgehead atoms. The first-order valence-corrected chi connectivity index (χ1v) is 9.02. The Bertz CT molecular complexity index is 639. The molecule has 3 atom stereocenters. The quantitative estimate of drug-likeness (QED) is 0.754. The average molecular weight is 342 g/mol. The molecule has 0 N–H and O–H groups in total. The Morgan fingerprint density at radius 2 is 2.04 bits per heavy atom. The lowest BCUT2D eigenvalue weighted by atomic mass is 9.91. The van der Waals surface area contributed by atoms with E-state index in [4.69, 9.17) is 4.74 Å². The number of benzene rings is 1. The molecule has 0 aliphatic heterocycles. The second-order valence-corrected chi connectivity index (χ2v) is 6.75. The maximum atomic E-state index is 12.0. The molecule has 1 unspecified atom stereocenters. The van der Waals surface area contributed by atoms with Crippen LogP contribution in [0.1, 0.15) is 38.8 Å². The van der Waals surface area contributed by atoms with Gasteiger partial charge in [-0.3, -0.25) is 4.90 Å². The Morgan fingerprint density at radius 3 is 2.68 bits per heavy atom. The SMILES string of the molecule is CCN(C)C(=O)Oc1cccc([C@H](C)N(C)[C@@H](C)C2C=CC=CC2)c1. The van der Waals surface area contributed by atoms with Gasteiger partial charge in [-0.2, -0.15) is 0 Å². The number of amides is 1. The van der Waals surface area contributed by atoms with Crippen LogP contribution < -0.4 is 4.74 Å². The fraction of sp³-hybridized carbons (Fsp3) is 0.476. The van der Waals surface area contributed by atoms with Gasteiger partial charge in [0.2, 0.25) is 0 Å². The molecule has 1 aliphatic carbocycles. The van der Waals surface area contributed by atoms with Crippen LogP contribution in [-0.2, 0) is 0 Å². The van der Waals surface area contributed by atoms with E-state index in [0.29, 0.717) is 24.3 Å². The summed E-state index contributed by atoms with van der Waals surface area (Å²) in [4.78, 5) is 15.9. The van der Waals surface area contributed by atoms with Gasteiger partial charge in [0.25, 0.3) is 0 Å². The molecular weight excluding hydrogens is 312 g/mol. The minimum Gasteiger partial charge on any atom is -0.410 e. The lowest BCUT2D eigenvalue weighted by Gasteiger charge is -2.35. The van der Waals surface area contributed by atoms with Gasteiger partial charge in [0.1, 0.15) is 5.75 Å². The van der Waals surface area contributed by atoms with E-state index >= 15 is 0 Å². The van der Waals surface area contributed by atoms with Crippen molar-refractivity contribution >= 4 is 6.09 Å². The van der Waals surface area contributed by atoms with Gasteiger partial charge in [0, 0.05) is 25.7 Å². The van der Waals surface area contributed by atoms with Crippen LogP contribution in [0, 0.1) is 5.92 Å². The highest BCUT2D eigenvalue weighted by Crippen LogP contribution is 2.28. The zero-order valence-electron chi connectivity index (χ0n) is 16.0. The summed E-state index contributed by atoms with van der Waals surface area (Å²) in [6.07, 6.45) is 9.51. The number of carbonyl (C=O) groups is 1. The van der Waals surface area contributed by atoms with Gasteiger partial charge in [-0.1, -0.05) is 36.4 Å². The van der Waals surface area contributed by atoms with Crippen LogP contribution >= 0.6 is 0 Å². The van der Waals surface area contributed by atoms with E-state index in [0.717, 1.165) is 12.0 Å². The van der Waals surface area contributed by atoms with Crippen molar-refractivity contribution in [2.75, 3.05) is 20.6 Å². The van der Waals surface area contributed by atoms with Gasteiger partial charge in [-0.05, 0) is 57.9 Å². The summed E-state index contributed by atoms with van der Waals surface area (Å²) in [6, 6.07) is 8.49. The van der Waals surface area contributed by atoms with Crippen LogP contribution in [0.4, 0.5) is 4.79 Å². The molecule has 4 heteroatoms. The molecule has 136 valence electrons. The molecule has 0 spiro atoms. The molecule has 1 aromatic rings. The van der Waals surface area contributed by atoms with E-state index in [1.807, 2.05) is 25.1 Å². The average Bonchev–Trinajstić information content (AvgIpc) is 2.66. The number of rotatable bonds is 6. The maximum absolute atomic E-state index is 12.0. The molecular formula is C21H30N2O2. The summed E-state index contributed by atoms with van der Waals surface area (Å²) >= 11 is 0. The third-order valence-corrected chi connectivity index (χ3v) is 5.22. The first-order valence-electron chi connectivity index (χ1n) is 9.02. The lowest BCUT2D eigenvalue weighted by Crippen LogP contribution is -2.37. The Balaban J connectivity index is 2.06. The molecule has 1 aliphatic rings.